The summed E-state index contributed by atoms with van der Waals surface area (Å²) in [5, 5.41) is 14.6. The van der Waals surface area contributed by atoms with Crippen LogP contribution in [0, 0.1) is 6.92 Å². The summed E-state index contributed by atoms with van der Waals surface area (Å²) < 4.78 is 31.4. The molecule has 0 saturated carbocycles. The molecule has 4 nitrogen and oxygen atoms in total. The van der Waals surface area contributed by atoms with E-state index in [2.05, 4.69) is 9.84 Å². The van der Waals surface area contributed by atoms with E-state index in [1.807, 2.05) is 47.6 Å². The molecule has 1 unspecified atom stereocenters. The zero-order chi connectivity index (χ0) is 17.7. The molecule has 1 aromatic carbocycles. The zero-order valence-electron chi connectivity index (χ0n) is 14.6. The van der Waals surface area contributed by atoms with Gasteiger partial charge in [0.05, 0.1) is 12.6 Å². The first-order chi connectivity index (χ1) is 10.8. The number of ether oxygens (including phenoxy) is 1. The Balaban J connectivity index is 0.00000127. The Hall–Kier alpha value is -1.69. The Morgan fingerprint density at radius 2 is 1.83 bits per heavy atom. The van der Waals surface area contributed by atoms with Crippen molar-refractivity contribution in [3.63, 3.8) is 0 Å². The molecule has 1 N–H and O–H groups in total. The van der Waals surface area contributed by atoms with E-state index in [4.69, 9.17) is 0 Å². The Morgan fingerprint density at radius 1 is 1.22 bits per heavy atom. The molecule has 0 fully saturated rings. The average Bonchev–Trinajstić information content (AvgIpc) is 2.87. The second kappa shape index (κ2) is 8.24. The van der Waals surface area contributed by atoms with Gasteiger partial charge in [-0.05, 0) is 37.5 Å². The maximum Gasteiger partial charge on any atom is 0.387 e. The van der Waals surface area contributed by atoms with E-state index >= 15 is 0 Å². The van der Waals surface area contributed by atoms with Crippen molar-refractivity contribution in [1.82, 2.24) is 9.78 Å². The van der Waals surface area contributed by atoms with Crippen LogP contribution in [0.4, 0.5) is 8.78 Å². The van der Waals surface area contributed by atoms with E-state index in [1.165, 1.54) is 0 Å². The van der Waals surface area contributed by atoms with Gasteiger partial charge >= 0.3 is 6.61 Å². The van der Waals surface area contributed by atoms with Crippen LogP contribution in [0.2, 0.25) is 0 Å². The first-order valence-electron chi connectivity index (χ1n) is 7.93. The third kappa shape index (κ3) is 4.19. The van der Waals surface area contributed by atoms with E-state index in [0.717, 1.165) is 16.6 Å². The second-order valence-corrected chi connectivity index (χ2v) is 5.55. The smallest absolute Gasteiger partial charge is 0.387 e. The third-order valence-corrected chi connectivity index (χ3v) is 3.39. The van der Waals surface area contributed by atoms with Crippen molar-refractivity contribution in [3.05, 3.63) is 23.4 Å². The van der Waals surface area contributed by atoms with Gasteiger partial charge in [0.15, 0.2) is 5.75 Å². The van der Waals surface area contributed by atoms with Crippen molar-refractivity contribution >= 4 is 10.9 Å². The van der Waals surface area contributed by atoms with Gasteiger partial charge in [0.25, 0.3) is 0 Å². The number of rotatable bonds is 5. The lowest BCUT2D eigenvalue weighted by Crippen LogP contribution is -2.14. The first-order valence-corrected chi connectivity index (χ1v) is 7.93. The standard InChI is InChI=1S/C15H20F2N2O2.C2H6/c1-8(2)14-11-5-9(3)6-12(21-15(16)17)13(11)18-19(14)10(4)7-20;1-2/h5-6,8,10,15,20H,7H2,1-4H3;1-2H3. The number of fused-ring (bicyclic) bond motifs is 1. The monoisotopic (exact) mass is 328 g/mol. The van der Waals surface area contributed by atoms with Crippen LogP contribution in [0.25, 0.3) is 10.9 Å². The van der Waals surface area contributed by atoms with Gasteiger partial charge in [-0.2, -0.15) is 13.9 Å². The highest BCUT2D eigenvalue weighted by molar-refractivity contribution is 5.88. The molecule has 0 aliphatic carbocycles. The van der Waals surface area contributed by atoms with E-state index < -0.39 is 6.61 Å². The summed E-state index contributed by atoms with van der Waals surface area (Å²) in [5.41, 5.74) is 2.15. The first kappa shape index (κ1) is 19.4. The normalized spacial score (nSPS) is 12.5. The lowest BCUT2D eigenvalue weighted by atomic mass is 10.0. The molecular weight excluding hydrogens is 302 g/mol. The van der Waals surface area contributed by atoms with Crippen molar-refractivity contribution < 1.29 is 18.6 Å². The molecule has 0 saturated heterocycles. The molecule has 1 heterocycles. The molecule has 0 aliphatic heterocycles. The lowest BCUT2D eigenvalue weighted by molar-refractivity contribution is -0.0489. The lowest BCUT2D eigenvalue weighted by Gasteiger charge is -2.15. The van der Waals surface area contributed by atoms with Gasteiger partial charge in [0.2, 0.25) is 0 Å². The SMILES string of the molecule is CC.Cc1cc(OC(F)F)c2nn(C(C)CO)c(C(C)C)c2c1. The number of aliphatic hydroxyl groups is 1. The van der Waals surface area contributed by atoms with Crippen molar-refractivity contribution in [3.8, 4) is 5.75 Å². The molecule has 0 bridgehead atoms. The number of aliphatic hydroxyl groups excluding tert-OH is 1. The molecule has 0 radical (unpaired) electrons. The highest BCUT2D eigenvalue weighted by Crippen LogP contribution is 2.34. The highest BCUT2D eigenvalue weighted by Gasteiger charge is 2.21. The molecule has 130 valence electrons. The topological polar surface area (TPSA) is 47.3 Å². The largest absolute Gasteiger partial charge is 0.432 e. The fourth-order valence-electron chi connectivity index (χ4n) is 2.50. The number of hydrogen-bond acceptors (Lipinski definition) is 3. The molecule has 23 heavy (non-hydrogen) atoms. The predicted octanol–water partition coefficient (Wildman–Crippen LogP) is 4.65. The number of aromatic nitrogens is 2. The summed E-state index contributed by atoms with van der Waals surface area (Å²) in [4.78, 5) is 0. The Bertz CT molecular complexity index is 639. The van der Waals surface area contributed by atoms with Crippen LogP contribution in [-0.4, -0.2) is 28.1 Å². The van der Waals surface area contributed by atoms with Crippen LogP contribution >= 0.6 is 0 Å². The molecule has 1 aromatic heterocycles. The van der Waals surface area contributed by atoms with Crippen LogP contribution in [0.3, 0.4) is 0 Å². The van der Waals surface area contributed by atoms with Crippen LogP contribution in [0.5, 0.6) is 5.75 Å². The summed E-state index contributed by atoms with van der Waals surface area (Å²) in [6.07, 6.45) is 0. The minimum absolute atomic E-state index is 0.0717. The second-order valence-electron chi connectivity index (χ2n) is 5.55. The van der Waals surface area contributed by atoms with Crippen molar-refractivity contribution in [2.24, 2.45) is 0 Å². The highest BCUT2D eigenvalue weighted by atomic mass is 19.3. The van der Waals surface area contributed by atoms with Crippen LogP contribution < -0.4 is 4.74 Å². The summed E-state index contributed by atoms with van der Waals surface area (Å²) >= 11 is 0. The molecule has 2 aromatic rings. The number of hydrogen-bond donors (Lipinski definition) is 1. The van der Waals surface area contributed by atoms with Crippen LogP contribution in [-0.2, 0) is 0 Å². The van der Waals surface area contributed by atoms with E-state index in [9.17, 15) is 13.9 Å². The van der Waals surface area contributed by atoms with Crippen molar-refractivity contribution in [1.29, 1.82) is 0 Å². The molecular formula is C17H26F2N2O2. The number of nitrogens with zero attached hydrogens (tertiary/aromatic N) is 2. The van der Waals surface area contributed by atoms with Crippen molar-refractivity contribution in [2.45, 2.75) is 60.1 Å². The van der Waals surface area contributed by atoms with Crippen molar-refractivity contribution in [2.75, 3.05) is 6.61 Å². The summed E-state index contributed by atoms with van der Waals surface area (Å²) in [5.74, 6) is 0.219. The number of benzene rings is 1. The molecule has 0 aliphatic rings. The molecule has 0 spiro atoms. The molecule has 2 rings (SSSR count). The van der Waals surface area contributed by atoms with Crippen LogP contribution in [0.1, 0.15) is 57.8 Å². The Kier molecular flexibility index (Phi) is 6.94. The summed E-state index contributed by atoms with van der Waals surface area (Å²) in [7, 11) is 0. The van der Waals surface area contributed by atoms with Gasteiger partial charge in [-0.15, -0.1) is 0 Å². The quantitative estimate of drug-likeness (QED) is 0.869. The molecule has 1 atom stereocenters. The average molecular weight is 328 g/mol. The van der Waals surface area contributed by atoms with Gasteiger partial charge < -0.3 is 9.84 Å². The third-order valence-electron chi connectivity index (χ3n) is 3.39. The molecule has 0 amide bonds. The fourth-order valence-corrected chi connectivity index (χ4v) is 2.50. The minimum atomic E-state index is -2.89. The number of alkyl halides is 2. The maximum atomic E-state index is 12.6. The zero-order valence-corrected chi connectivity index (χ0v) is 14.6. The van der Waals surface area contributed by atoms with E-state index in [1.54, 1.807) is 10.7 Å². The van der Waals surface area contributed by atoms with Gasteiger partial charge in [-0.3, -0.25) is 4.68 Å². The fraction of sp³-hybridized carbons (Fsp3) is 0.588. The van der Waals surface area contributed by atoms with Gasteiger partial charge in [0.1, 0.15) is 5.52 Å². The Morgan fingerprint density at radius 3 is 2.30 bits per heavy atom. The predicted molar refractivity (Wildman–Crippen MR) is 88.3 cm³/mol. The Labute approximate surface area is 136 Å². The van der Waals surface area contributed by atoms with Gasteiger partial charge in [-0.25, -0.2) is 0 Å². The minimum Gasteiger partial charge on any atom is -0.432 e. The van der Waals surface area contributed by atoms with Gasteiger partial charge in [0, 0.05) is 11.1 Å². The van der Waals surface area contributed by atoms with E-state index in [0.29, 0.717) is 5.52 Å². The van der Waals surface area contributed by atoms with Gasteiger partial charge in [-0.1, -0.05) is 27.7 Å². The summed E-state index contributed by atoms with van der Waals surface area (Å²) in [6.45, 7) is 8.71. The van der Waals surface area contributed by atoms with Crippen LogP contribution in [0.15, 0.2) is 12.1 Å². The summed E-state index contributed by atoms with van der Waals surface area (Å²) in [6, 6.07) is 3.24. The number of halogens is 2. The maximum absolute atomic E-state index is 12.6. The molecule has 6 heteroatoms. The van der Waals surface area contributed by atoms with E-state index in [-0.39, 0.29) is 24.3 Å². The number of aryl methyl sites for hydroxylation is 1.